The molecule has 0 aliphatic rings. The van der Waals surface area contributed by atoms with Crippen LogP contribution < -0.4 is 11.1 Å². The van der Waals surface area contributed by atoms with Gasteiger partial charge in [0.15, 0.2) is 0 Å². The first kappa shape index (κ1) is 14.3. The van der Waals surface area contributed by atoms with Gasteiger partial charge in [0.1, 0.15) is 4.88 Å². The van der Waals surface area contributed by atoms with Crippen LogP contribution in [0.15, 0.2) is 22.0 Å². The third-order valence-electron chi connectivity index (χ3n) is 3.01. The number of thiophene rings is 1. The Bertz CT molecular complexity index is 632. The van der Waals surface area contributed by atoms with Gasteiger partial charge in [0.25, 0.3) is 11.8 Å². The molecule has 7 heteroatoms. The molecule has 0 radical (unpaired) electrons. The van der Waals surface area contributed by atoms with E-state index in [9.17, 15) is 9.59 Å². The van der Waals surface area contributed by atoms with Crippen molar-refractivity contribution < 1.29 is 14.1 Å². The maximum absolute atomic E-state index is 12.0. The fraction of sp³-hybridized carbons (Fsp3) is 0.308. The predicted octanol–water partition coefficient (Wildman–Crippen LogP) is 2.60. The van der Waals surface area contributed by atoms with Gasteiger partial charge in [-0.05, 0) is 17.9 Å². The molecule has 20 heavy (non-hydrogen) atoms. The first-order valence-corrected chi connectivity index (χ1v) is 7.06. The van der Waals surface area contributed by atoms with Crippen LogP contribution in [0.25, 0.3) is 0 Å². The van der Waals surface area contributed by atoms with E-state index in [1.807, 2.05) is 13.8 Å². The van der Waals surface area contributed by atoms with Gasteiger partial charge < -0.3 is 15.6 Å². The van der Waals surface area contributed by atoms with E-state index in [0.717, 1.165) is 12.1 Å². The van der Waals surface area contributed by atoms with Crippen LogP contribution in [-0.4, -0.2) is 17.0 Å². The second-order valence-corrected chi connectivity index (χ2v) is 5.32. The number of hydrogen-bond acceptors (Lipinski definition) is 5. The summed E-state index contributed by atoms with van der Waals surface area (Å²) in [5, 5.41) is 8.15. The molecule has 2 rings (SSSR count). The number of primary amides is 1. The van der Waals surface area contributed by atoms with Gasteiger partial charge in [0.05, 0.1) is 11.4 Å². The SMILES string of the molecule is CCC(C)c1cc(C(=O)Nc2ccsc2C(N)=O)on1. The zero-order valence-corrected chi connectivity index (χ0v) is 12.0. The Hall–Kier alpha value is -2.15. The molecule has 0 aliphatic heterocycles. The van der Waals surface area contributed by atoms with Crippen molar-refractivity contribution in [3.05, 3.63) is 33.8 Å². The molecule has 0 aliphatic carbocycles. The highest BCUT2D eigenvalue weighted by atomic mass is 32.1. The Kier molecular flexibility index (Phi) is 4.19. The number of amides is 2. The summed E-state index contributed by atoms with van der Waals surface area (Å²) in [6, 6.07) is 3.23. The minimum Gasteiger partial charge on any atom is -0.365 e. The number of anilines is 1. The number of carbonyl (C=O) groups is 2. The van der Waals surface area contributed by atoms with Crippen molar-refractivity contribution in [1.29, 1.82) is 0 Å². The molecule has 0 fully saturated rings. The highest BCUT2D eigenvalue weighted by Gasteiger charge is 2.18. The standard InChI is InChI=1S/C13H15N3O3S/c1-3-7(2)9-6-10(19-16-9)13(18)15-8-4-5-20-11(8)12(14)17/h4-7H,3H2,1-2H3,(H2,14,17)(H,15,18). The monoisotopic (exact) mass is 293 g/mol. The zero-order chi connectivity index (χ0) is 14.7. The van der Waals surface area contributed by atoms with E-state index < -0.39 is 11.8 Å². The number of rotatable bonds is 5. The number of nitrogens with one attached hydrogen (secondary N) is 1. The minimum absolute atomic E-state index is 0.113. The first-order valence-electron chi connectivity index (χ1n) is 6.18. The third kappa shape index (κ3) is 2.88. The van der Waals surface area contributed by atoms with Crippen molar-refractivity contribution in [1.82, 2.24) is 5.16 Å². The van der Waals surface area contributed by atoms with Gasteiger partial charge in [-0.25, -0.2) is 0 Å². The van der Waals surface area contributed by atoms with Crippen molar-refractivity contribution in [3.63, 3.8) is 0 Å². The smallest absolute Gasteiger partial charge is 0.294 e. The molecule has 6 nitrogen and oxygen atoms in total. The van der Waals surface area contributed by atoms with Gasteiger partial charge in [0.2, 0.25) is 5.76 Å². The van der Waals surface area contributed by atoms with Crippen LogP contribution in [0.4, 0.5) is 5.69 Å². The normalized spacial score (nSPS) is 12.1. The molecule has 3 N–H and O–H groups in total. The first-order chi connectivity index (χ1) is 9.52. The van der Waals surface area contributed by atoms with Crippen molar-refractivity contribution in [3.8, 4) is 0 Å². The fourth-order valence-corrected chi connectivity index (χ4v) is 2.32. The van der Waals surface area contributed by atoms with Crippen molar-refractivity contribution >= 4 is 28.8 Å². The molecule has 2 aromatic heterocycles. The summed E-state index contributed by atoms with van der Waals surface area (Å²) in [6.45, 7) is 4.03. The number of aromatic nitrogens is 1. The molecule has 2 aromatic rings. The summed E-state index contributed by atoms with van der Waals surface area (Å²) in [5.41, 5.74) is 6.34. The highest BCUT2D eigenvalue weighted by molar-refractivity contribution is 7.12. The van der Waals surface area contributed by atoms with Crippen LogP contribution in [0.5, 0.6) is 0 Å². The maximum Gasteiger partial charge on any atom is 0.294 e. The summed E-state index contributed by atoms with van der Waals surface area (Å²) in [5.74, 6) is -0.689. The summed E-state index contributed by atoms with van der Waals surface area (Å²) >= 11 is 1.17. The Morgan fingerprint density at radius 2 is 2.30 bits per heavy atom. The van der Waals surface area contributed by atoms with Gasteiger partial charge in [-0.2, -0.15) is 0 Å². The fourth-order valence-electron chi connectivity index (χ4n) is 1.62. The molecule has 0 saturated heterocycles. The lowest BCUT2D eigenvalue weighted by Gasteiger charge is -2.01. The van der Waals surface area contributed by atoms with E-state index in [1.165, 1.54) is 11.3 Å². The number of hydrogen-bond donors (Lipinski definition) is 2. The lowest BCUT2D eigenvalue weighted by atomic mass is 10.1. The number of nitrogens with zero attached hydrogens (tertiary/aromatic N) is 1. The van der Waals surface area contributed by atoms with Gasteiger partial charge in [-0.15, -0.1) is 11.3 Å². The molecular formula is C13H15N3O3S. The summed E-state index contributed by atoms with van der Waals surface area (Å²) in [6.07, 6.45) is 0.907. The van der Waals surface area contributed by atoms with Gasteiger partial charge >= 0.3 is 0 Å². The van der Waals surface area contributed by atoms with E-state index in [0.29, 0.717) is 10.6 Å². The molecule has 0 saturated carbocycles. The molecule has 2 amide bonds. The van der Waals surface area contributed by atoms with E-state index in [-0.39, 0.29) is 11.7 Å². The summed E-state index contributed by atoms with van der Waals surface area (Å²) < 4.78 is 5.02. The van der Waals surface area contributed by atoms with Crippen LogP contribution in [0.1, 0.15) is 52.1 Å². The molecule has 106 valence electrons. The Balaban J connectivity index is 2.14. The van der Waals surface area contributed by atoms with Crippen molar-refractivity contribution in [2.45, 2.75) is 26.2 Å². The highest BCUT2D eigenvalue weighted by Crippen LogP contribution is 2.23. The second kappa shape index (κ2) is 5.87. The van der Waals surface area contributed by atoms with Crippen molar-refractivity contribution in [2.24, 2.45) is 5.73 Å². The molecule has 0 bridgehead atoms. The van der Waals surface area contributed by atoms with Crippen molar-refractivity contribution in [2.75, 3.05) is 5.32 Å². The number of nitrogens with two attached hydrogens (primary N) is 1. The second-order valence-electron chi connectivity index (χ2n) is 4.41. The van der Waals surface area contributed by atoms with E-state index in [4.69, 9.17) is 10.3 Å². The Labute approximate surface area is 119 Å². The van der Waals surface area contributed by atoms with Crippen LogP contribution in [0, 0.1) is 0 Å². The van der Waals surface area contributed by atoms with Crippen LogP contribution >= 0.6 is 11.3 Å². The minimum atomic E-state index is -0.576. The van der Waals surface area contributed by atoms with E-state index >= 15 is 0 Å². The lowest BCUT2D eigenvalue weighted by Crippen LogP contribution is -2.16. The lowest BCUT2D eigenvalue weighted by molar-refractivity contribution is 0.0988. The molecule has 0 spiro atoms. The predicted molar refractivity (Wildman–Crippen MR) is 76.0 cm³/mol. The summed E-state index contributed by atoms with van der Waals surface area (Å²) in [4.78, 5) is 23.5. The average Bonchev–Trinajstić information content (AvgIpc) is 3.06. The van der Waals surface area contributed by atoms with Gasteiger partial charge in [-0.3, -0.25) is 9.59 Å². The quantitative estimate of drug-likeness (QED) is 0.885. The molecule has 2 heterocycles. The molecular weight excluding hydrogens is 278 g/mol. The molecule has 1 unspecified atom stereocenters. The van der Waals surface area contributed by atoms with E-state index in [1.54, 1.807) is 17.5 Å². The topological polar surface area (TPSA) is 98.2 Å². The Morgan fingerprint density at radius 3 is 2.95 bits per heavy atom. The zero-order valence-electron chi connectivity index (χ0n) is 11.2. The van der Waals surface area contributed by atoms with Gasteiger partial charge in [0, 0.05) is 12.0 Å². The number of carbonyl (C=O) groups excluding carboxylic acids is 2. The maximum atomic E-state index is 12.0. The molecule has 1 atom stereocenters. The van der Waals surface area contributed by atoms with E-state index in [2.05, 4.69) is 10.5 Å². The van der Waals surface area contributed by atoms with Gasteiger partial charge in [-0.1, -0.05) is 19.0 Å². The van der Waals surface area contributed by atoms with Crippen LogP contribution in [0.2, 0.25) is 0 Å². The third-order valence-corrected chi connectivity index (χ3v) is 3.94. The molecule has 0 aromatic carbocycles. The summed E-state index contributed by atoms with van der Waals surface area (Å²) in [7, 11) is 0. The Morgan fingerprint density at radius 1 is 1.55 bits per heavy atom. The van der Waals surface area contributed by atoms with Crippen LogP contribution in [0.3, 0.4) is 0 Å². The largest absolute Gasteiger partial charge is 0.365 e. The van der Waals surface area contributed by atoms with Crippen LogP contribution in [-0.2, 0) is 0 Å². The average molecular weight is 293 g/mol.